The van der Waals surface area contributed by atoms with E-state index in [0.29, 0.717) is 45.5 Å². The van der Waals surface area contributed by atoms with Crippen molar-refractivity contribution in [3.8, 4) is 39.4 Å². The molecular formula is C33H27Cl2FN6O6. The van der Waals surface area contributed by atoms with Gasteiger partial charge in [0.05, 0.1) is 34.5 Å². The number of halogens is 3. The number of pyridine rings is 1. The molecule has 1 fully saturated rings. The number of hydrogen-bond acceptors (Lipinski definition) is 8. The van der Waals surface area contributed by atoms with Crippen LogP contribution in [0.15, 0.2) is 59.5 Å². The minimum Gasteiger partial charge on any atom is -0.481 e. The second kappa shape index (κ2) is 13.1. The van der Waals surface area contributed by atoms with Crippen LogP contribution in [0.1, 0.15) is 29.0 Å². The van der Waals surface area contributed by atoms with Crippen LogP contribution in [0.2, 0.25) is 10.0 Å². The highest BCUT2D eigenvalue weighted by molar-refractivity contribution is 6.39. The van der Waals surface area contributed by atoms with Gasteiger partial charge in [-0.2, -0.15) is 0 Å². The summed E-state index contributed by atoms with van der Waals surface area (Å²) in [4.78, 5) is 52.1. The van der Waals surface area contributed by atoms with E-state index >= 15 is 4.39 Å². The summed E-state index contributed by atoms with van der Waals surface area (Å²) in [6, 6.07) is 12.7. The largest absolute Gasteiger partial charge is 0.481 e. The van der Waals surface area contributed by atoms with Crippen LogP contribution in [0.5, 0.6) is 5.88 Å². The molecule has 2 aromatic carbocycles. The molecule has 2 atom stereocenters. The van der Waals surface area contributed by atoms with E-state index in [9.17, 15) is 19.2 Å². The summed E-state index contributed by atoms with van der Waals surface area (Å²) < 4.78 is 29.0. The Morgan fingerprint density at radius 3 is 2.42 bits per heavy atom. The van der Waals surface area contributed by atoms with Crippen LogP contribution >= 0.6 is 23.2 Å². The molecule has 15 heteroatoms. The highest BCUT2D eigenvalue weighted by atomic mass is 35.5. The normalized spacial score (nSPS) is 14.9. The summed E-state index contributed by atoms with van der Waals surface area (Å²) in [5.41, 5.74) is 7.95. The van der Waals surface area contributed by atoms with Crippen LogP contribution in [-0.2, 0) is 23.0 Å². The molecule has 12 nitrogen and oxygen atoms in total. The summed E-state index contributed by atoms with van der Waals surface area (Å²) in [6.45, 7) is 0. The monoisotopic (exact) mass is 692 g/mol. The van der Waals surface area contributed by atoms with Gasteiger partial charge in [0.2, 0.25) is 11.8 Å². The molecule has 5 aromatic rings. The van der Waals surface area contributed by atoms with E-state index in [4.69, 9.17) is 38.4 Å². The average Bonchev–Trinajstić information content (AvgIpc) is 3.69. The van der Waals surface area contributed by atoms with Crippen molar-refractivity contribution in [3.05, 3.63) is 92.3 Å². The number of ether oxygens (including phenoxy) is 2. The molecule has 2 amide bonds. The van der Waals surface area contributed by atoms with Crippen molar-refractivity contribution < 1.29 is 28.2 Å². The quantitative estimate of drug-likeness (QED) is 0.205. The fourth-order valence-electron chi connectivity index (χ4n) is 5.84. The summed E-state index contributed by atoms with van der Waals surface area (Å²) in [6.07, 6.45) is 0.566. The van der Waals surface area contributed by atoms with Gasteiger partial charge in [-0.1, -0.05) is 59.6 Å². The molecular weight excluding hydrogens is 666 g/mol. The highest BCUT2D eigenvalue weighted by Crippen LogP contribution is 2.43. The van der Waals surface area contributed by atoms with Crippen LogP contribution in [0.3, 0.4) is 0 Å². The number of aldehydes is 1. The molecule has 1 saturated heterocycles. The number of aromatic nitrogens is 4. The maximum Gasteiger partial charge on any atom is 0.404 e. The fourth-order valence-corrected chi connectivity index (χ4v) is 6.50. The SMILES string of the molecule is COc1nc(-c2cccc(-c3cccc(-c4cc5c(=O)n(C)c(C=O)nn5c4)c3Cl)c2Cl)cc(F)c1CC(OC(N)=O)C1CCC(=O)N1. The van der Waals surface area contributed by atoms with E-state index in [1.807, 2.05) is 0 Å². The predicted molar refractivity (Wildman–Crippen MR) is 176 cm³/mol. The second-order valence-electron chi connectivity index (χ2n) is 11.1. The first-order valence-electron chi connectivity index (χ1n) is 14.6. The van der Waals surface area contributed by atoms with E-state index in [0.717, 1.165) is 4.57 Å². The van der Waals surface area contributed by atoms with Crippen LogP contribution in [0.4, 0.5) is 9.18 Å². The van der Waals surface area contributed by atoms with Crippen molar-refractivity contribution >= 4 is 47.0 Å². The number of hydrogen-bond donors (Lipinski definition) is 2. The number of nitrogens with zero attached hydrogens (tertiary/aromatic N) is 4. The minimum absolute atomic E-state index is 0.0289. The lowest BCUT2D eigenvalue weighted by Gasteiger charge is -2.24. The van der Waals surface area contributed by atoms with Crippen molar-refractivity contribution in [2.45, 2.75) is 31.4 Å². The van der Waals surface area contributed by atoms with Crippen molar-refractivity contribution in [2.75, 3.05) is 7.11 Å². The van der Waals surface area contributed by atoms with Crippen molar-refractivity contribution in [1.29, 1.82) is 0 Å². The summed E-state index contributed by atoms with van der Waals surface area (Å²) in [7, 11) is 2.79. The van der Waals surface area contributed by atoms with Crippen molar-refractivity contribution in [3.63, 3.8) is 0 Å². The summed E-state index contributed by atoms with van der Waals surface area (Å²) in [5.74, 6) is -1.00. The Morgan fingerprint density at radius 2 is 1.79 bits per heavy atom. The molecule has 0 saturated carbocycles. The number of amides is 2. The molecule has 0 spiro atoms. The van der Waals surface area contributed by atoms with Gasteiger partial charge in [0.1, 0.15) is 17.4 Å². The average molecular weight is 694 g/mol. The zero-order chi connectivity index (χ0) is 34.3. The molecule has 48 heavy (non-hydrogen) atoms. The number of primary amides is 1. The predicted octanol–water partition coefficient (Wildman–Crippen LogP) is 4.98. The van der Waals surface area contributed by atoms with Crippen LogP contribution in [0, 0.1) is 5.82 Å². The van der Waals surface area contributed by atoms with Gasteiger partial charge in [0, 0.05) is 60.0 Å². The zero-order valence-electron chi connectivity index (χ0n) is 25.5. The standard InChI is InChI=1S/C33H27Cl2FN6O6/c1-41-27(15-43)40-42-14-16(11-25(42)32(41)45)17-5-3-6-18(29(17)34)19-7-4-8-20(30(19)35)24-13-22(36)21(31(39-24)47-2)12-26(48-33(37)46)23-9-10-28(44)38-23/h3-8,11,13-15,23,26H,9-10,12H2,1-2H3,(H2,37,46)(H,38,44). The number of methoxy groups -OCH3 is 1. The van der Waals surface area contributed by atoms with Crippen LogP contribution in [0.25, 0.3) is 39.0 Å². The van der Waals surface area contributed by atoms with E-state index < -0.39 is 29.6 Å². The molecule has 6 rings (SSSR count). The minimum atomic E-state index is -1.06. The van der Waals surface area contributed by atoms with E-state index in [2.05, 4.69) is 15.4 Å². The van der Waals surface area contributed by atoms with Crippen LogP contribution in [-0.4, -0.2) is 56.7 Å². The number of rotatable bonds is 9. The van der Waals surface area contributed by atoms with Gasteiger partial charge < -0.3 is 20.5 Å². The van der Waals surface area contributed by atoms with Gasteiger partial charge >= 0.3 is 6.09 Å². The Balaban J connectivity index is 1.38. The lowest BCUT2D eigenvalue weighted by molar-refractivity contribution is -0.119. The highest BCUT2D eigenvalue weighted by Gasteiger charge is 2.33. The van der Waals surface area contributed by atoms with E-state index in [-0.39, 0.29) is 52.2 Å². The Bertz CT molecular complexity index is 2180. The first-order chi connectivity index (χ1) is 23.0. The molecule has 246 valence electrons. The maximum atomic E-state index is 15.8. The molecule has 3 N–H and O–H groups in total. The molecule has 0 bridgehead atoms. The van der Waals surface area contributed by atoms with Gasteiger partial charge in [-0.3, -0.25) is 19.0 Å². The van der Waals surface area contributed by atoms with Gasteiger partial charge in [-0.25, -0.2) is 18.7 Å². The Hall–Kier alpha value is -5.27. The maximum absolute atomic E-state index is 15.8. The number of nitrogens with two attached hydrogens (primary N) is 1. The molecule has 3 aromatic heterocycles. The van der Waals surface area contributed by atoms with Crippen molar-refractivity contribution in [2.24, 2.45) is 12.8 Å². The Kier molecular flexibility index (Phi) is 8.91. The van der Waals surface area contributed by atoms with E-state index in [1.165, 1.54) is 24.7 Å². The van der Waals surface area contributed by atoms with Crippen LogP contribution < -0.4 is 21.3 Å². The molecule has 4 heterocycles. The summed E-state index contributed by atoms with van der Waals surface area (Å²) >= 11 is 13.9. The lowest BCUT2D eigenvalue weighted by Crippen LogP contribution is -2.42. The van der Waals surface area contributed by atoms with Gasteiger partial charge in [0.25, 0.3) is 5.56 Å². The number of fused-ring (bicyclic) bond motifs is 1. The van der Waals surface area contributed by atoms with E-state index in [1.54, 1.807) is 48.7 Å². The second-order valence-corrected chi connectivity index (χ2v) is 11.9. The Labute approximate surface area is 282 Å². The van der Waals surface area contributed by atoms with Gasteiger partial charge in [-0.05, 0) is 12.5 Å². The third-order valence-electron chi connectivity index (χ3n) is 8.23. The smallest absolute Gasteiger partial charge is 0.404 e. The molecule has 0 aliphatic carbocycles. The number of carbonyl (C=O) groups excluding carboxylic acids is 3. The number of benzene rings is 2. The van der Waals surface area contributed by atoms with Gasteiger partial charge in [0.15, 0.2) is 12.1 Å². The summed E-state index contributed by atoms with van der Waals surface area (Å²) in [5, 5.41) is 7.48. The van der Waals surface area contributed by atoms with Gasteiger partial charge in [-0.15, -0.1) is 5.10 Å². The third-order valence-corrected chi connectivity index (χ3v) is 9.05. The lowest BCUT2D eigenvalue weighted by atomic mass is 9.97. The first kappa shape index (κ1) is 32.7. The third kappa shape index (κ3) is 5.98. The Morgan fingerprint density at radius 1 is 1.12 bits per heavy atom. The molecule has 1 aliphatic rings. The number of nitrogens with one attached hydrogen (secondary N) is 1. The first-order valence-corrected chi connectivity index (χ1v) is 15.4. The topological polar surface area (TPSA) is 160 Å². The fraction of sp³-hybridized carbons (Fsp3) is 0.212. The zero-order valence-corrected chi connectivity index (χ0v) is 27.0. The molecule has 2 unspecified atom stereocenters. The molecule has 0 radical (unpaired) electrons. The molecule has 1 aliphatic heterocycles. The number of carbonyl (C=O) groups is 3. The van der Waals surface area contributed by atoms with Crippen molar-refractivity contribution in [1.82, 2.24) is 24.5 Å².